The van der Waals surface area contributed by atoms with E-state index in [2.05, 4.69) is 26.1 Å². The largest absolute Gasteiger partial charge is 0.294 e. The number of amides is 2. The Morgan fingerprint density at radius 1 is 1.21 bits per heavy atom. The Morgan fingerprint density at radius 3 is 2.14 bits per heavy atom. The molecule has 1 aliphatic heterocycles. The lowest BCUT2D eigenvalue weighted by Crippen LogP contribution is -2.54. The molecule has 1 aliphatic rings. The highest BCUT2D eigenvalue weighted by Gasteiger charge is 2.26. The van der Waals surface area contributed by atoms with E-state index in [1.165, 1.54) is 0 Å². The lowest BCUT2D eigenvalue weighted by molar-refractivity contribution is -0.137. The molecule has 4 heteroatoms. The highest BCUT2D eigenvalue weighted by Crippen LogP contribution is 2.11. The number of rotatable bonds is 3. The fourth-order valence-corrected chi connectivity index (χ4v) is 1.80. The number of hydrogen-bond donors (Lipinski definition) is 1. The minimum atomic E-state index is -0.183. The van der Waals surface area contributed by atoms with Crippen molar-refractivity contribution in [1.82, 2.24) is 10.2 Å². The summed E-state index contributed by atoms with van der Waals surface area (Å²) in [6.07, 6.45) is 1.01. The van der Waals surface area contributed by atoms with Gasteiger partial charge in [0.1, 0.15) is 0 Å². The molecule has 0 aromatic carbocycles. The van der Waals surface area contributed by atoms with E-state index >= 15 is 0 Å². The Balaban J connectivity index is 2.50. The molecule has 0 bridgehead atoms. The van der Waals surface area contributed by atoms with Crippen molar-refractivity contribution in [1.29, 1.82) is 0 Å². The highest BCUT2D eigenvalue weighted by molar-refractivity contribution is 5.99. The van der Waals surface area contributed by atoms with Crippen molar-refractivity contribution in [2.24, 2.45) is 5.92 Å². The molecule has 14 heavy (non-hydrogen) atoms. The smallest absolute Gasteiger partial charge is 0.240 e. The van der Waals surface area contributed by atoms with Gasteiger partial charge in [0.05, 0.1) is 13.1 Å². The molecule has 1 fully saturated rings. The molecule has 0 saturated carbocycles. The molecule has 0 aromatic rings. The Kier molecular flexibility index (Phi) is 3.63. The maximum absolute atomic E-state index is 11.1. The average molecular weight is 198 g/mol. The number of nitrogens with zero attached hydrogens (tertiary/aromatic N) is 1. The maximum atomic E-state index is 11.1. The molecule has 4 nitrogen and oxygen atoms in total. The highest BCUT2D eigenvalue weighted by atomic mass is 16.2. The van der Waals surface area contributed by atoms with Gasteiger partial charge in [0.25, 0.3) is 0 Å². The third kappa shape index (κ3) is 3.10. The van der Waals surface area contributed by atoms with Crippen molar-refractivity contribution >= 4 is 11.8 Å². The van der Waals surface area contributed by atoms with Crippen LogP contribution in [0.25, 0.3) is 0 Å². The molecule has 0 radical (unpaired) electrons. The first-order valence-corrected chi connectivity index (χ1v) is 5.05. The van der Waals surface area contributed by atoms with Gasteiger partial charge in [-0.1, -0.05) is 13.8 Å². The first kappa shape index (κ1) is 11.2. The Hall–Kier alpha value is -0.900. The number of piperazine rings is 1. The maximum Gasteiger partial charge on any atom is 0.240 e. The predicted octanol–water partition coefficient (Wildman–Crippen LogP) is 0.379. The summed E-state index contributed by atoms with van der Waals surface area (Å²) in [5, 5.41) is 2.30. The van der Waals surface area contributed by atoms with Gasteiger partial charge in [0, 0.05) is 6.04 Å². The Morgan fingerprint density at radius 2 is 1.71 bits per heavy atom. The van der Waals surface area contributed by atoms with E-state index in [0.717, 1.165) is 6.42 Å². The standard InChI is InChI=1S/C10H18N2O2/c1-7(2)4-8(3)12-5-9(13)11-10(14)6-12/h7-8H,4-6H2,1-3H3,(H,11,13,14). The van der Waals surface area contributed by atoms with E-state index in [-0.39, 0.29) is 11.8 Å². The van der Waals surface area contributed by atoms with Crippen LogP contribution >= 0.6 is 0 Å². The average Bonchev–Trinajstić information content (AvgIpc) is 2.00. The van der Waals surface area contributed by atoms with E-state index in [4.69, 9.17) is 0 Å². The summed E-state index contributed by atoms with van der Waals surface area (Å²) in [5.74, 6) is 0.221. The molecular weight excluding hydrogens is 180 g/mol. The zero-order chi connectivity index (χ0) is 10.7. The minimum absolute atomic E-state index is 0.183. The second kappa shape index (κ2) is 4.55. The second-order valence-corrected chi connectivity index (χ2v) is 4.35. The van der Waals surface area contributed by atoms with Gasteiger partial charge >= 0.3 is 0 Å². The minimum Gasteiger partial charge on any atom is -0.294 e. The van der Waals surface area contributed by atoms with Crippen LogP contribution in [0.1, 0.15) is 27.2 Å². The topological polar surface area (TPSA) is 49.4 Å². The molecular formula is C10H18N2O2. The van der Waals surface area contributed by atoms with Crippen LogP contribution in [-0.4, -0.2) is 35.8 Å². The summed E-state index contributed by atoms with van der Waals surface area (Å²) >= 11 is 0. The number of nitrogens with one attached hydrogen (secondary N) is 1. The molecule has 2 amide bonds. The Labute approximate surface area is 84.7 Å². The monoisotopic (exact) mass is 198 g/mol. The molecule has 80 valence electrons. The molecule has 1 unspecified atom stereocenters. The fraction of sp³-hybridized carbons (Fsp3) is 0.800. The quantitative estimate of drug-likeness (QED) is 0.667. The number of imide groups is 1. The number of hydrogen-bond acceptors (Lipinski definition) is 3. The van der Waals surface area contributed by atoms with Crippen LogP contribution in [0, 0.1) is 5.92 Å². The number of carbonyl (C=O) groups excluding carboxylic acids is 2. The third-order valence-corrected chi connectivity index (χ3v) is 2.41. The summed E-state index contributed by atoms with van der Waals surface area (Å²) in [5.41, 5.74) is 0. The summed E-state index contributed by atoms with van der Waals surface area (Å²) in [7, 11) is 0. The molecule has 1 heterocycles. The van der Waals surface area contributed by atoms with Gasteiger partial charge in [-0.15, -0.1) is 0 Å². The van der Waals surface area contributed by atoms with Gasteiger partial charge in [0.15, 0.2) is 0 Å². The number of carbonyl (C=O) groups is 2. The molecule has 1 N–H and O–H groups in total. The van der Waals surface area contributed by atoms with Crippen LogP contribution in [-0.2, 0) is 9.59 Å². The van der Waals surface area contributed by atoms with Gasteiger partial charge in [-0.2, -0.15) is 0 Å². The van der Waals surface area contributed by atoms with Crippen LogP contribution in [0.5, 0.6) is 0 Å². The van der Waals surface area contributed by atoms with Crippen molar-refractivity contribution in [3.8, 4) is 0 Å². The van der Waals surface area contributed by atoms with Gasteiger partial charge in [-0.3, -0.25) is 19.8 Å². The third-order valence-electron chi connectivity index (χ3n) is 2.41. The SMILES string of the molecule is CC(C)CC(C)N1CC(=O)NC(=O)C1. The lowest BCUT2D eigenvalue weighted by atomic mass is 10.0. The molecule has 1 saturated heterocycles. The molecule has 1 rings (SSSR count). The summed E-state index contributed by atoms with van der Waals surface area (Å²) < 4.78 is 0. The van der Waals surface area contributed by atoms with Crippen molar-refractivity contribution < 1.29 is 9.59 Å². The van der Waals surface area contributed by atoms with Crippen molar-refractivity contribution in [3.05, 3.63) is 0 Å². The summed E-state index contributed by atoms with van der Waals surface area (Å²) in [6.45, 7) is 7.04. The van der Waals surface area contributed by atoms with Crippen LogP contribution < -0.4 is 5.32 Å². The second-order valence-electron chi connectivity index (χ2n) is 4.35. The van der Waals surface area contributed by atoms with E-state index in [1.54, 1.807) is 0 Å². The van der Waals surface area contributed by atoms with Crippen molar-refractivity contribution in [2.45, 2.75) is 33.2 Å². The van der Waals surface area contributed by atoms with E-state index in [1.807, 2.05) is 4.90 Å². The van der Waals surface area contributed by atoms with Crippen molar-refractivity contribution in [3.63, 3.8) is 0 Å². The zero-order valence-corrected chi connectivity index (χ0v) is 9.04. The van der Waals surface area contributed by atoms with Crippen LogP contribution in [0.3, 0.4) is 0 Å². The normalized spacial score (nSPS) is 21.1. The molecule has 0 spiro atoms. The van der Waals surface area contributed by atoms with Crippen molar-refractivity contribution in [2.75, 3.05) is 13.1 Å². The van der Waals surface area contributed by atoms with Crippen LogP contribution in [0.4, 0.5) is 0 Å². The molecule has 1 atom stereocenters. The van der Waals surface area contributed by atoms with Gasteiger partial charge in [-0.05, 0) is 19.3 Å². The lowest BCUT2D eigenvalue weighted by Gasteiger charge is -2.31. The molecule has 0 aromatic heterocycles. The van der Waals surface area contributed by atoms with Crippen LogP contribution in [0.2, 0.25) is 0 Å². The first-order chi connectivity index (χ1) is 6.49. The summed E-state index contributed by atoms with van der Waals surface area (Å²) in [6, 6.07) is 0.296. The zero-order valence-electron chi connectivity index (χ0n) is 9.04. The fourth-order valence-electron chi connectivity index (χ4n) is 1.80. The van der Waals surface area contributed by atoms with Crippen LogP contribution in [0.15, 0.2) is 0 Å². The van der Waals surface area contributed by atoms with E-state index in [9.17, 15) is 9.59 Å². The first-order valence-electron chi connectivity index (χ1n) is 5.05. The van der Waals surface area contributed by atoms with Gasteiger partial charge in [-0.25, -0.2) is 0 Å². The van der Waals surface area contributed by atoms with Gasteiger partial charge in [0.2, 0.25) is 11.8 Å². The van der Waals surface area contributed by atoms with E-state index < -0.39 is 0 Å². The molecule has 0 aliphatic carbocycles. The van der Waals surface area contributed by atoms with E-state index in [0.29, 0.717) is 25.0 Å². The van der Waals surface area contributed by atoms with Gasteiger partial charge < -0.3 is 0 Å². The Bertz CT molecular complexity index is 222. The summed E-state index contributed by atoms with van der Waals surface area (Å²) in [4.78, 5) is 24.1. The predicted molar refractivity (Wildman–Crippen MR) is 53.6 cm³/mol.